The Balaban J connectivity index is 2.31. The van der Waals surface area contributed by atoms with Gasteiger partial charge >= 0.3 is 19.5 Å². The minimum absolute atomic E-state index is 0.467. The average molecular weight is 366 g/mol. The third-order valence-corrected chi connectivity index (χ3v) is 3.66. The lowest BCUT2D eigenvalue weighted by Crippen LogP contribution is -2.38. The number of H-pyrrole nitrogens is 1. The summed E-state index contributed by atoms with van der Waals surface area (Å²) in [5.41, 5.74) is -1.59. The molecule has 1 fully saturated rings. The number of aliphatic hydroxyl groups excluding tert-OH is 1. The molecule has 0 spiro atoms. The van der Waals surface area contributed by atoms with Crippen LogP contribution in [0.5, 0.6) is 0 Å². The van der Waals surface area contributed by atoms with Crippen LogP contribution in [0.2, 0.25) is 0 Å². The molecule has 4 atom stereocenters. The van der Waals surface area contributed by atoms with Gasteiger partial charge in [-0.2, -0.15) is 0 Å². The fourth-order valence-corrected chi connectivity index (χ4v) is 2.78. The lowest BCUT2D eigenvalue weighted by Gasteiger charge is -2.20. The summed E-state index contributed by atoms with van der Waals surface area (Å²) in [4.78, 5) is 53.6. The van der Waals surface area contributed by atoms with Gasteiger partial charge in [0.25, 0.3) is 5.56 Å². The summed E-state index contributed by atoms with van der Waals surface area (Å²) in [5.74, 6) is -0.687. The molecule has 1 aliphatic heterocycles. The molecule has 0 aromatic carbocycles. The van der Waals surface area contributed by atoms with Crippen LogP contribution in [-0.2, 0) is 23.4 Å². The van der Waals surface area contributed by atoms with E-state index in [2.05, 4.69) is 4.52 Å². The van der Waals surface area contributed by atoms with Crippen molar-refractivity contribution < 1.29 is 38.3 Å². The van der Waals surface area contributed by atoms with E-state index in [1.54, 1.807) is 0 Å². The highest BCUT2D eigenvalue weighted by atomic mass is 31.2. The highest BCUT2D eigenvalue weighted by Gasteiger charge is 2.49. The molecule has 1 aliphatic rings. The molecule has 0 bridgehead atoms. The van der Waals surface area contributed by atoms with Crippen LogP contribution in [0.1, 0.15) is 13.2 Å². The van der Waals surface area contributed by atoms with E-state index < -0.39 is 56.2 Å². The number of phosphoric ester groups is 1. The predicted octanol–water partition coefficient (Wildman–Crippen LogP) is -2.16. The number of nitrogens with zero attached hydrogens (tertiary/aromatic N) is 1. The Morgan fingerprint density at radius 1 is 1.46 bits per heavy atom. The van der Waals surface area contributed by atoms with E-state index in [9.17, 15) is 24.1 Å². The first-order valence-electron chi connectivity index (χ1n) is 6.61. The van der Waals surface area contributed by atoms with E-state index in [0.29, 0.717) is 0 Å². The molecule has 1 saturated heterocycles. The minimum Gasteiger partial charge on any atom is -0.463 e. The van der Waals surface area contributed by atoms with Crippen LogP contribution in [0.4, 0.5) is 0 Å². The third-order valence-electron chi connectivity index (χ3n) is 3.14. The molecule has 0 aliphatic carbocycles. The summed E-state index contributed by atoms with van der Waals surface area (Å²) in [5, 5.41) is 10.2. The van der Waals surface area contributed by atoms with Gasteiger partial charge in [-0.3, -0.25) is 23.7 Å². The number of rotatable bonds is 5. The van der Waals surface area contributed by atoms with E-state index >= 15 is 0 Å². The van der Waals surface area contributed by atoms with Gasteiger partial charge in [0, 0.05) is 19.2 Å². The van der Waals surface area contributed by atoms with E-state index in [1.165, 1.54) is 0 Å². The molecule has 0 saturated carbocycles. The van der Waals surface area contributed by atoms with Gasteiger partial charge in [0.05, 0.1) is 0 Å². The molecule has 134 valence electrons. The number of hydrogen-bond acceptors (Lipinski definition) is 8. The number of carbonyl (C=O) groups is 1. The molecule has 0 amide bonds. The van der Waals surface area contributed by atoms with Crippen LogP contribution < -0.4 is 11.2 Å². The van der Waals surface area contributed by atoms with Crippen molar-refractivity contribution in [1.29, 1.82) is 0 Å². The van der Waals surface area contributed by atoms with Crippen LogP contribution in [0, 0.1) is 0 Å². The second kappa shape index (κ2) is 6.97. The Morgan fingerprint density at radius 3 is 2.67 bits per heavy atom. The fraction of sp³-hybridized carbons (Fsp3) is 0.545. The third kappa shape index (κ3) is 4.38. The van der Waals surface area contributed by atoms with Gasteiger partial charge in [-0.05, 0) is 0 Å². The number of esters is 1. The fourth-order valence-electron chi connectivity index (χ4n) is 2.20. The van der Waals surface area contributed by atoms with Crippen LogP contribution in [0.25, 0.3) is 0 Å². The van der Waals surface area contributed by atoms with Crippen molar-refractivity contribution in [2.24, 2.45) is 0 Å². The summed E-state index contributed by atoms with van der Waals surface area (Å²) in [7, 11) is -5.00. The molecule has 2 rings (SSSR count). The van der Waals surface area contributed by atoms with Crippen LogP contribution >= 0.6 is 7.82 Å². The highest BCUT2D eigenvalue weighted by Crippen LogP contribution is 2.43. The van der Waals surface area contributed by atoms with Gasteiger partial charge in [0.15, 0.2) is 6.23 Å². The predicted molar refractivity (Wildman–Crippen MR) is 74.8 cm³/mol. The number of nitrogens with one attached hydrogen (secondary N) is 1. The van der Waals surface area contributed by atoms with Crippen molar-refractivity contribution in [3.05, 3.63) is 33.1 Å². The van der Waals surface area contributed by atoms with E-state index in [0.717, 1.165) is 23.8 Å². The Morgan fingerprint density at radius 2 is 2.12 bits per heavy atom. The number of hydrogen-bond donors (Lipinski definition) is 4. The quantitative estimate of drug-likeness (QED) is 0.331. The van der Waals surface area contributed by atoms with Gasteiger partial charge in [0.1, 0.15) is 24.9 Å². The van der Waals surface area contributed by atoms with Gasteiger partial charge in [-0.1, -0.05) is 0 Å². The first-order chi connectivity index (χ1) is 11.1. The number of aromatic nitrogens is 2. The van der Waals surface area contributed by atoms with Gasteiger partial charge in [-0.15, -0.1) is 0 Å². The molecular weight excluding hydrogens is 351 g/mol. The Kier molecular flexibility index (Phi) is 5.38. The van der Waals surface area contributed by atoms with Crippen molar-refractivity contribution in [1.82, 2.24) is 9.55 Å². The monoisotopic (exact) mass is 366 g/mol. The second-order valence-electron chi connectivity index (χ2n) is 4.94. The maximum Gasteiger partial charge on any atom is 0.470 e. The zero-order valence-electron chi connectivity index (χ0n) is 12.3. The van der Waals surface area contributed by atoms with E-state index in [1.807, 2.05) is 4.98 Å². The summed E-state index contributed by atoms with van der Waals surface area (Å²) in [6, 6.07) is 0.996. The van der Waals surface area contributed by atoms with Crippen molar-refractivity contribution in [3.63, 3.8) is 0 Å². The van der Waals surface area contributed by atoms with Crippen LogP contribution in [0.3, 0.4) is 0 Å². The zero-order valence-corrected chi connectivity index (χ0v) is 13.2. The molecule has 1 aromatic rings. The Bertz CT molecular complexity index is 767. The molecule has 12 nitrogen and oxygen atoms in total. The van der Waals surface area contributed by atoms with Crippen molar-refractivity contribution in [2.75, 3.05) is 6.61 Å². The van der Waals surface area contributed by atoms with Crippen molar-refractivity contribution in [3.8, 4) is 0 Å². The molecule has 1 aromatic heterocycles. The summed E-state index contributed by atoms with van der Waals surface area (Å²) in [6.07, 6.45) is -4.87. The summed E-state index contributed by atoms with van der Waals surface area (Å²) < 4.78 is 26.4. The van der Waals surface area contributed by atoms with E-state index in [-0.39, 0.29) is 0 Å². The normalized spacial score (nSPS) is 27.2. The average Bonchev–Trinajstić information content (AvgIpc) is 2.72. The highest BCUT2D eigenvalue weighted by molar-refractivity contribution is 7.46. The molecule has 24 heavy (non-hydrogen) atoms. The largest absolute Gasteiger partial charge is 0.470 e. The lowest BCUT2D eigenvalue weighted by molar-refractivity contribution is -0.147. The molecule has 0 unspecified atom stereocenters. The topological polar surface area (TPSA) is 177 Å². The van der Waals surface area contributed by atoms with Gasteiger partial charge in [-0.25, -0.2) is 9.36 Å². The summed E-state index contributed by atoms with van der Waals surface area (Å²) in [6.45, 7) is 0.639. The van der Waals surface area contributed by atoms with Crippen LogP contribution in [0.15, 0.2) is 21.9 Å². The molecule has 13 heteroatoms. The first-order valence-corrected chi connectivity index (χ1v) is 8.14. The Labute approximate surface area is 133 Å². The first kappa shape index (κ1) is 18.5. The Hall–Kier alpha value is -1.82. The second-order valence-corrected chi connectivity index (χ2v) is 6.13. The smallest absolute Gasteiger partial charge is 0.463 e. The molecule has 2 heterocycles. The zero-order chi connectivity index (χ0) is 18.1. The molecule has 4 N–H and O–H groups in total. The van der Waals surface area contributed by atoms with Crippen molar-refractivity contribution in [2.45, 2.75) is 31.5 Å². The van der Waals surface area contributed by atoms with Crippen molar-refractivity contribution >= 4 is 13.8 Å². The maximum absolute atomic E-state index is 11.8. The number of carbonyl (C=O) groups excluding carboxylic acids is 1. The van der Waals surface area contributed by atoms with Gasteiger partial charge < -0.3 is 24.4 Å². The lowest BCUT2D eigenvalue weighted by atomic mass is 10.1. The summed E-state index contributed by atoms with van der Waals surface area (Å²) >= 11 is 0. The number of phosphoric acid groups is 1. The molecule has 0 radical (unpaired) electrons. The number of aliphatic hydroxyl groups is 1. The SMILES string of the molecule is CC(=O)OC[C@H]1O[C@@H](n2ccc(=O)[nH]c2=O)[C@H](O)[C@@H]1OP(=O)(O)O. The molecular formula is C11H15N2O10P. The minimum atomic E-state index is -5.00. The van der Waals surface area contributed by atoms with E-state index in [4.69, 9.17) is 19.3 Å². The standard InChI is InChI=1S/C11H15N2O10P/c1-5(14)21-4-6-9(23-24(18,19)20)8(16)10(22-6)13-3-2-7(15)12-11(13)17/h2-3,6,8-10,16H,4H2,1H3,(H,12,15,17)(H2,18,19,20)/t6-,8-,9-,10-/m1/s1. The maximum atomic E-state index is 11.8. The van der Waals surface area contributed by atoms with Crippen LogP contribution in [-0.4, -0.2) is 55.3 Å². The number of aromatic amines is 1. The number of ether oxygens (including phenoxy) is 2. The van der Waals surface area contributed by atoms with Gasteiger partial charge in [0.2, 0.25) is 0 Å².